The molecule has 0 bridgehead atoms. The third-order valence-corrected chi connectivity index (χ3v) is 12.7. The molecule has 11 aromatic rings. The number of aryl methyl sites for hydroxylation is 4. The first-order chi connectivity index (χ1) is 28.1. The molecule has 0 amide bonds. The van der Waals surface area contributed by atoms with Gasteiger partial charge in [0.2, 0.25) is 0 Å². The van der Waals surface area contributed by atoms with Crippen molar-refractivity contribution in [2.24, 2.45) is 0 Å². The van der Waals surface area contributed by atoms with E-state index in [1.165, 1.54) is 98.8 Å². The number of hydrogen-bond donors (Lipinski definition) is 0. The topological polar surface area (TPSA) is 14.8 Å². The molecule has 58 heavy (non-hydrogen) atoms. The Morgan fingerprint density at radius 2 is 0.621 bits per heavy atom. The van der Waals surface area contributed by atoms with Crippen molar-refractivity contribution in [2.75, 3.05) is 0 Å². The van der Waals surface area contributed by atoms with Crippen LogP contribution >= 0.6 is 0 Å². The second-order valence-electron chi connectivity index (χ2n) is 17.0. The van der Waals surface area contributed by atoms with Crippen LogP contribution in [0.25, 0.3) is 82.5 Å². The molecular formula is C55H45N3. The molecule has 0 spiro atoms. The van der Waals surface area contributed by atoms with Crippen molar-refractivity contribution in [1.29, 1.82) is 0 Å². The first-order valence-corrected chi connectivity index (χ1v) is 20.4. The van der Waals surface area contributed by atoms with Crippen LogP contribution in [0.5, 0.6) is 0 Å². The van der Waals surface area contributed by atoms with Crippen LogP contribution in [0.15, 0.2) is 164 Å². The molecule has 0 radical (unpaired) electrons. The van der Waals surface area contributed by atoms with E-state index in [0.717, 1.165) is 17.1 Å². The molecule has 0 aliphatic rings. The molecular weight excluding hydrogens is 703 g/mol. The zero-order chi connectivity index (χ0) is 39.4. The van der Waals surface area contributed by atoms with Crippen LogP contribution in [0.1, 0.15) is 47.2 Å². The second-order valence-corrected chi connectivity index (χ2v) is 17.0. The van der Waals surface area contributed by atoms with Gasteiger partial charge in [-0.3, -0.25) is 0 Å². The van der Waals surface area contributed by atoms with Gasteiger partial charge >= 0.3 is 0 Å². The molecule has 11 rings (SSSR count). The molecule has 0 aliphatic heterocycles. The number of rotatable bonds is 5. The number of nitrogens with zero attached hydrogens (tertiary/aromatic N) is 3. The lowest BCUT2D eigenvalue weighted by Crippen LogP contribution is -2.19. The fourth-order valence-corrected chi connectivity index (χ4v) is 9.67. The van der Waals surface area contributed by atoms with E-state index >= 15 is 0 Å². The second kappa shape index (κ2) is 12.6. The van der Waals surface area contributed by atoms with Crippen molar-refractivity contribution in [1.82, 2.24) is 13.7 Å². The molecule has 0 fully saturated rings. The van der Waals surface area contributed by atoms with Gasteiger partial charge in [-0.05, 0) is 136 Å². The number of fused-ring (bicyclic) bond motifs is 9. The molecule has 3 heterocycles. The van der Waals surface area contributed by atoms with E-state index < -0.39 is 0 Å². The van der Waals surface area contributed by atoms with E-state index in [1.54, 1.807) is 0 Å². The van der Waals surface area contributed by atoms with Crippen LogP contribution in [0.2, 0.25) is 0 Å². The smallest absolute Gasteiger partial charge is 0.0542 e. The highest BCUT2D eigenvalue weighted by Gasteiger charge is 2.25. The predicted molar refractivity (Wildman–Crippen MR) is 247 cm³/mol. The Hall–Kier alpha value is -6.84. The minimum absolute atomic E-state index is 0.170. The SMILES string of the molecule is Cc1ccc2c(c1)c1cc(C)ccc1n2-c1ccc2c(c1)c1cc(-n3c4ccc(C)cc4c4cc(C)ccc43)ccc1n2-c1cccc(C(C)(C)c2ccccc2)c1. The first kappa shape index (κ1) is 34.4. The Kier molecular flexibility index (Phi) is 7.46. The van der Waals surface area contributed by atoms with Crippen LogP contribution in [0.4, 0.5) is 0 Å². The number of aromatic nitrogens is 3. The maximum Gasteiger partial charge on any atom is 0.0542 e. The normalized spacial score (nSPS) is 12.3. The van der Waals surface area contributed by atoms with Gasteiger partial charge in [0, 0.05) is 54.8 Å². The summed E-state index contributed by atoms with van der Waals surface area (Å²) in [4.78, 5) is 0. The highest BCUT2D eigenvalue weighted by molar-refractivity contribution is 6.14. The average Bonchev–Trinajstić information content (AvgIpc) is 3.85. The average molecular weight is 748 g/mol. The maximum atomic E-state index is 2.47. The largest absolute Gasteiger partial charge is 0.309 e. The van der Waals surface area contributed by atoms with E-state index in [1.807, 2.05) is 0 Å². The summed E-state index contributed by atoms with van der Waals surface area (Å²) in [5.74, 6) is 0. The lowest BCUT2D eigenvalue weighted by Gasteiger charge is -2.27. The summed E-state index contributed by atoms with van der Waals surface area (Å²) in [7, 11) is 0. The molecule has 0 unspecified atom stereocenters. The Morgan fingerprint density at radius 3 is 1.02 bits per heavy atom. The van der Waals surface area contributed by atoms with E-state index in [2.05, 4.69) is 219 Å². The summed E-state index contributed by atoms with van der Waals surface area (Å²) in [6.07, 6.45) is 0. The molecule has 0 saturated heterocycles. The summed E-state index contributed by atoms with van der Waals surface area (Å²) in [5, 5.41) is 7.61. The predicted octanol–water partition coefficient (Wildman–Crippen LogP) is 14.5. The molecule has 3 aromatic heterocycles. The van der Waals surface area contributed by atoms with Gasteiger partial charge in [-0.25, -0.2) is 0 Å². The summed E-state index contributed by atoms with van der Waals surface area (Å²) < 4.78 is 7.38. The maximum absolute atomic E-state index is 2.47. The molecule has 0 atom stereocenters. The third-order valence-electron chi connectivity index (χ3n) is 12.7. The summed E-state index contributed by atoms with van der Waals surface area (Å²) in [5.41, 5.74) is 18.2. The van der Waals surface area contributed by atoms with Crippen molar-refractivity contribution in [3.05, 3.63) is 197 Å². The van der Waals surface area contributed by atoms with Crippen LogP contribution in [0.3, 0.4) is 0 Å². The monoisotopic (exact) mass is 747 g/mol. The summed E-state index contributed by atoms with van der Waals surface area (Å²) in [6, 6.07) is 61.6. The molecule has 0 saturated carbocycles. The zero-order valence-electron chi connectivity index (χ0n) is 33.9. The highest BCUT2D eigenvalue weighted by atomic mass is 15.0. The molecule has 3 heteroatoms. The van der Waals surface area contributed by atoms with Gasteiger partial charge in [0.25, 0.3) is 0 Å². The van der Waals surface area contributed by atoms with Gasteiger partial charge in [-0.1, -0.05) is 103 Å². The Balaban J connectivity index is 1.20. The van der Waals surface area contributed by atoms with Crippen molar-refractivity contribution in [2.45, 2.75) is 47.0 Å². The fourth-order valence-electron chi connectivity index (χ4n) is 9.67. The van der Waals surface area contributed by atoms with E-state index in [9.17, 15) is 0 Å². The quantitative estimate of drug-likeness (QED) is 0.167. The van der Waals surface area contributed by atoms with Gasteiger partial charge in [0.15, 0.2) is 0 Å². The lowest BCUT2D eigenvalue weighted by molar-refractivity contribution is 0.640. The van der Waals surface area contributed by atoms with E-state index in [0.29, 0.717) is 0 Å². The van der Waals surface area contributed by atoms with Crippen molar-refractivity contribution >= 4 is 65.4 Å². The minimum Gasteiger partial charge on any atom is -0.309 e. The van der Waals surface area contributed by atoms with Crippen molar-refractivity contribution < 1.29 is 0 Å². The summed E-state index contributed by atoms with van der Waals surface area (Å²) >= 11 is 0. The van der Waals surface area contributed by atoms with Crippen LogP contribution in [-0.2, 0) is 5.41 Å². The van der Waals surface area contributed by atoms with E-state index in [-0.39, 0.29) is 5.41 Å². The molecule has 0 aliphatic carbocycles. The molecule has 0 N–H and O–H groups in total. The van der Waals surface area contributed by atoms with E-state index in [4.69, 9.17) is 0 Å². The van der Waals surface area contributed by atoms with Gasteiger partial charge in [0.1, 0.15) is 0 Å². The highest BCUT2D eigenvalue weighted by Crippen LogP contribution is 2.41. The number of hydrogen-bond acceptors (Lipinski definition) is 0. The molecule has 3 nitrogen and oxygen atoms in total. The van der Waals surface area contributed by atoms with Crippen LogP contribution in [-0.4, -0.2) is 13.7 Å². The van der Waals surface area contributed by atoms with Gasteiger partial charge in [0.05, 0.1) is 33.1 Å². The standard InChI is InChI=1S/C55H45N3/c1-34-15-21-49-43(27-34)44-28-35(2)16-22-50(44)57(49)41-19-25-53-47(32-41)48-33-42(58-51-23-17-36(3)29-45(51)46-30-37(4)18-24-52(46)58)20-26-54(48)56(53)40-14-10-13-39(31-40)55(5,6)38-11-8-7-9-12-38/h7-33H,1-6H3. The van der Waals surface area contributed by atoms with Gasteiger partial charge in [-0.15, -0.1) is 0 Å². The fraction of sp³-hybridized carbons (Fsp3) is 0.127. The third kappa shape index (κ3) is 5.12. The Labute approximate surface area is 339 Å². The minimum atomic E-state index is -0.170. The number of benzene rings is 8. The molecule has 8 aromatic carbocycles. The van der Waals surface area contributed by atoms with Gasteiger partial charge in [-0.2, -0.15) is 0 Å². The first-order valence-electron chi connectivity index (χ1n) is 20.4. The Morgan fingerprint density at radius 1 is 0.293 bits per heavy atom. The molecule has 280 valence electrons. The van der Waals surface area contributed by atoms with Gasteiger partial charge < -0.3 is 13.7 Å². The summed E-state index contributed by atoms with van der Waals surface area (Å²) in [6.45, 7) is 13.4. The lowest BCUT2D eigenvalue weighted by atomic mass is 9.78. The van der Waals surface area contributed by atoms with Crippen LogP contribution in [0, 0.1) is 27.7 Å². The van der Waals surface area contributed by atoms with Crippen molar-refractivity contribution in [3.8, 4) is 17.1 Å². The Bertz CT molecular complexity index is 3160. The zero-order valence-corrected chi connectivity index (χ0v) is 33.9. The van der Waals surface area contributed by atoms with Crippen molar-refractivity contribution in [3.63, 3.8) is 0 Å². The van der Waals surface area contributed by atoms with Crippen LogP contribution < -0.4 is 0 Å².